The zero-order chi connectivity index (χ0) is 13.4. The molecular formula is C10H4Cl3IN4. The van der Waals surface area contributed by atoms with Crippen LogP contribution in [0.5, 0.6) is 0 Å². The molecule has 0 aliphatic rings. The first-order chi connectivity index (χ1) is 8.45. The lowest BCUT2D eigenvalue weighted by molar-refractivity contribution is 0.884. The molecule has 0 bridgehead atoms. The van der Waals surface area contributed by atoms with Gasteiger partial charge in [0.25, 0.3) is 0 Å². The van der Waals surface area contributed by atoms with Gasteiger partial charge in [0.2, 0.25) is 0 Å². The fourth-order valence-corrected chi connectivity index (χ4v) is 2.82. The fourth-order valence-electron chi connectivity index (χ4n) is 1.39. The molecule has 0 amide bonds. The molecule has 0 unspecified atom stereocenters. The zero-order valence-electron chi connectivity index (χ0n) is 8.59. The Kier molecular flexibility index (Phi) is 3.92. The fraction of sp³-hybridized carbons (Fsp3) is 0. The molecule has 0 fully saturated rings. The van der Waals surface area contributed by atoms with Gasteiger partial charge in [-0.25, -0.2) is 4.68 Å². The smallest absolute Gasteiger partial charge is 0.178 e. The summed E-state index contributed by atoms with van der Waals surface area (Å²) < 4.78 is 1.89. The van der Waals surface area contributed by atoms with Crippen LogP contribution in [0.25, 0.3) is 5.69 Å². The van der Waals surface area contributed by atoms with E-state index in [1.165, 1.54) is 16.8 Å². The summed E-state index contributed by atoms with van der Waals surface area (Å²) in [5.41, 5.74) is 6.50. The molecule has 0 spiro atoms. The van der Waals surface area contributed by atoms with Gasteiger partial charge in [0.1, 0.15) is 17.6 Å². The van der Waals surface area contributed by atoms with Crippen LogP contribution in [0.3, 0.4) is 0 Å². The highest BCUT2D eigenvalue weighted by Gasteiger charge is 2.18. The van der Waals surface area contributed by atoms with Gasteiger partial charge in [-0.2, -0.15) is 10.4 Å². The Morgan fingerprint density at radius 2 is 1.83 bits per heavy atom. The van der Waals surface area contributed by atoms with Gasteiger partial charge in [-0.1, -0.05) is 34.8 Å². The van der Waals surface area contributed by atoms with Gasteiger partial charge < -0.3 is 5.73 Å². The largest absolute Gasteiger partial charge is 0.383 e. The quantitative estimate of drug-likeness (QED) is 0.722. The first-order valence-corrected chi connectivity index (χ1v) is 6.76. The third-order valence-corrected chi connectivity index (χ3v) is 4.02. The van der Waals surface area contributed by atoms with E-state index < -0.39 is 0 Å². The number of benzene rings is 1. The van der Waals surface area contributed by atoms with Gasteiger partial charge in [-0.15, -0.1) is 0 Å². The summed E-state index contributed by atoms with van der Waals surface area (Å²) in [6.07, 6.45) is 0. The summed E-state index contributed by atoms with van der Waals surface area (Å²) >= 11 is 19.9. The lowest BCUT2D eigenvalue weighted by Gasteiger charge is -2.09. The van der Waals surface area contributed by atoms with E-state index in [0.29, 0.717) is 30.1 Å². The number of nitrogens with two attached hydrogens (primary N) is 1. The van der Waals surface area contributed by atoms with Crippen LogP contribution in [-0.2, 0) is 0 Å². The highest BCUT2D eigenvalue weighted by atomic mass is 127. The van der Waals surface area contributed by atoms with Crippen molar-refractivity contribution in [3.8, 4) is 11.8 Å². The van der Waals surface area contributed by atoms with E-state index >= 15 is 0 Å². The van der Waals surface area contributed by atoms with Gasteiger partial charge in [-0.3, -0.25) is 0 Å². The molecule has 4 nitrogen and oxygen atoms in total. The SMILES string of the molecule is N#Cc1nn(-c2c(Cl)cc(Cl)cc2Cl)c(N)c1I. The minimum absolute atomic E-state index is 0.218. The van der Waals surface area contributed by atoms with Crippen molar-refractivity contribution in [1.29, 1.82) is 5.26 Å². The first-order valence-electron chi connectivity index (χ1n) is 4.54. The molecule has 2 aromatic rings. The maximum atomic E-state index is 8.91. The third kappa shape index (κ3) is 2.26. The van der Waals surface area contributed by atoms with E-state index in [9.17, 15) is 0 Å². The monoisotopic (exact) mass is 412 g/mol. The standard InChI is InChI=1S/C10H4Cl3IN4/c11-4-1-5(12)9(6(13)2-4)18-10(16)8(14)7(3-15)17-18/h1-2H,16H2. The molecule has 0 saturated heterocycles. The van der Waals surface area contributed by atoms with E-state index in [1.807, 2.05) is 28.7 Å². The Hall–Kier alpha value is -0.680. The molecule has 0 aliphatic carbocycles. The van der Waals surface area contributed by atoms with Crippen molar-refractivity contribution in [2.75, 3.05) is 5.73 Å². The van der Waals surface area contributed by atoms with Crippen molar-refractivity contribution in [2.24, 2.45) is 0 Å². The summed E-state index contributed by atoms with van der Waals surface area (Å²) in [6.45, 7) is 0. The molecule has 18 heavy (non-hydrogen) atoms. The summed E-state index contributed by atoms with van der Waals surface area (Å²) in [7, 11) is 0. The molecule has 0 aliphatic heterocycles. The summed E-state index contributed by atoms with van der Waals surface area (Å²) in [5.74, 6) is 0.304. The van der Waals surface area contributed by atoms with Gasteiger partial charge in [0, 0.05) is 5.02 Å². The van der Waals surface area contributed by atoms with Crippen LogP contribution in [-0.4, -0.2) is 9.78 Å². The molecule has 2 N–H and O–H groups in total. The number of hydrogen-bond donors (Lipinski definition) is 1. The number of nitrogens with zero attached hydrogens (tertiary/aromatic N) is 3. The Morgan fingerprint density at radius 3 is 2.28 bits per heavy atom. The predicted octanol–water partition coefficient (Wildman–Crippen LogP) is 3.89. The van der Waals surface area contributed by atoms with E-state index in [0.717, 1.165) is 0 Å². The molecule has 2 rings (SSSR count). The van der Waals surface area contributed by atoms with Crippen LogP contribution in [0.1, 0.15) is 5.69 Å². The number of rotatable bonds is 1. The normalized spacial score (nSPS) is 10.4. The second-order valence-electron chi connectivity index (χ2n) is 3.29. The number of aromatic nitrogens is 2. The van der Waals surface area contributed by atoms with Crippen molar-refractivity contribution < 1.29 is 0 Å². The van der Waals surface area contributed by atoms with Gasteiger partial charge in [0.15, 0.2) is 5.69 Å². The minimum Gasteiger partial charge on any atom is -0.383 e. The second-order valence-corrected chi connectivity index (χ2v) is 5.62. The summed E-state index contributed by atoms with van der Waals surface area (Å²) in [6, 6.07) is 5.01. The molecule has 0 saturated carbocycles. The highest BCUT2D eigenvalue weighted by Crippen LogP contribution is 2.34. The Bertz CT molecular complexity index is 651. The number of hydrogen-bond acceptors (Lipinski definition) is 3. The molecular weight excluding hydrogens is 409 g/mol. The molecule has 8 heteroatoms. The molecule has 1 heterocycles. The molecule has 92 valence electrons. The van der Waals surface area contributed by atoms with Crippen molar-refractivity contribution >= 4 is 63.2 Å². The highest BCUT2D eigenvalue weighted by molar-refractivity contribution is 14.1. The number of nitriles is 1. The third-order valence-electron chi connectivity index (χ3n) is 2.16. The molecule has 1 aromatic heterocycles. The number of halogens is 4. The van der Waals surface area contributed by atoms with Crippen molar-refractivity contribution in [2.45, 2.75) is 0 Å². The molecule has 1 aromatic carbocycles. The molecule has 0 radical (unpaired) electrons. The summed E-state index contributed by atoms with van der Waals surface area (Å²) in [5, 5.41) is 14.0. The van der Waals surface area contributed by atoms with Gasteiger partial charge in [0.05, 0.1) is 13.6 Å². The Balaban J connectivity index is 2.75. The topological polar surface area (TPSA) is 67.6 Å². The van der Waals surface area contributed by atoms with Gasteiger partial charge >= 0.3 is 0 Å². The Labute approximate surface area is 131 Å². The lowest BCUT2D eigenvalue weighted by atomic mass is 10.3. The molecule has 0 atom stereocenters. The lowest BCUT2D eigenvalue weighted by Crippen LogP contribution is -2.04. The average molecular weight is 413 g/mol. The minimum atomic E-state index is 0.218. The van der Waals surface area contributed by atoms with Crippen LogP contribution in [0.2, 0.25) is 15.1 Å². The van der Waals surface area contributed by atoms with Crippen LogP contribution < -0.4 is 5.73 Å². The maximum absolute atomic E-state index is 8.91. The summed E-state index contributed by atoms with van der Waals surface area (Å²) in [4.78, 5) is 0. The van der Waals surface area contributed by atoms with E-state index in [1.54, 1.807) is 0 Å². The van der Waals surface area contributed by atoms with Crippen LogP contribution in [0.4, 0.5) is 5.82 Å². The first kappa shape index (κ1) is 13.7. The zero-order valence-corrected chi connectivity index (χ0v) is 13.0. The van der Waals surface area contributed by atoms with Crippen molar-refractivity contribution in [3.05, 3.63) is 36.5 Å². The Morgan fingerprint density at radius 1 is 1.28 bits per heavy atom. The average Bonchev–Trinajstić information content (AvgIpc) is 2.56. The maximum Gasteiger partial charge on any atom is 0.178 e. The van der Waals surface area contributed by atoms with Crippen molar-refractivity contribution in [1.82, 2.24) is 9.78 Å². The second kappa shape index (κ2) is 5.13. The van der Waals surface area contributed by atoms with Crippen LogP contribution >= 0.6 is 57.4 Å². The van der Waals surface area contributed by atoms with E-state index in [2.05, 4.69) is 5.10 Å². The van der Waals surface area contributed by atoms with E-state index in [4.69, 9.17) is 45.8 Å². The van der Waals surface area contributed by atoms with Crippen LogP contribution in [0, 0.1) is 14.9 Å². The number of nitrogen functional groups attached to an aromatic ring is 1. The number of anilines is 1. The van der Waals surface area contributed by atoms with E-state index in [-0.39, 0.29) is 5.69 Å². The predicted molar refractivity (Wildman–Crippen MR) is 80.4 cm³/mol. The van der Waals surface area contributed by atoms with Gasteiger partial charge in [-0.05, 0) is 34.7 Å². The van der Waals surface area contributed by atoms with Crippen LogP contribution in [0.15, 0.2) is 12.1 Å². The van der Waals surface area contributed by atoms with Crippen molar-refractivity contribution in [3.63, 3.8) is 0 Å².